The van der Waals surface area contributed by atoms with Gasteiger partial charge in [0.1, 0.15) is 0 Å². The predicted octanol–water partition coefficient (Wildman–Crippen LogP) is 4.31. The minimum absolute atomic E-state index is 0.0996. The molecule has 37 heavy (non-hydrogen) atoms. The third-order valence-electron chi connectivity index (χ3n) is 5.93. The standard InChI is InChI=1S/C23H22N6O.C2HF3O2/c1-16-4-6-17(7-5-16)23(30)28-11-8-19(9-12-28)29-15-26-21-22(29)27-20(14-25-21)18-3-2-10-24-13-18;3-2(4,5)1(6)7/h2-7,10,13-15,19H,8-9,11-12H2,1H3;(H,6,7). The van der Waals surface area contributed by atoms with Gasteiger partial charge >= 0.3 is 12.1 Å². The maximum atomic E-state index is 12.8. The summed E-state index contributed by atoms with van der Waals surface area (Å²) in [4.78, 5) is 41.5. The Labute approximate surface area is 209 Å². The first kappa shape index (κ1) is 25.7. The number of halogens is 3. The number of nitrogens with zero attached hydrogens (tertiary/aromatic N) is 6. The Morgan fingerprint density at radius 2 is 1.70 bits per heavy atom. The Bertz CT molecular complexity index is 1380. The number of aliphatic carboxylic acids is 1. The van der Waals surface area contributed by atoms with Gasteiger partial charge in [0, 0.05) is 42.7 Å². The Kier molecular flexibility index (Phi) is 7.46. The molecule has 4 heterocycles. The number of benzene rings is 1. The zero-order chi connectivity index (χ0) is 26.6. The highest BCUT2D eigenvalue weighted by Crippen LogP contribution is 2.27. The van der Waals surface area contributed by atoms with Gasteiger partial charge in [-0.15, -0.1) is 0 Å². The average Bonchev–Trinajstić information content (AvgIpc) is 3.32. The summed E-state index contributed by atoms with van der Waals surface area (Å²) < 4.78 is 33.8. The summed E-state index contributed by atoms with van der Waals surface area (Å²) in [6, 6.07) is 11.9. The maximum absolute atomic E-state index is 12.8. The van der Waals surface area contributed by atoms with E-state index in [1.54, 1.807) is 18.6 Å². The number of aryl methyl sites for hydroxylation is 1. The summed E-state index contributed by atoms with van der Waals surface area (Å²) in [6.07, 6.45) is 3.72. The van der Waals surface area contributed by atoms with E-state index in [4.69, 9.17) is 14.9 Å². The minimum atomic E-state index is -5.08. The first-order valence-electron chi connectivity index (χ1n) is 11.4. The molecule has 0 bridgehead atoms. The number of amides is 1. The van der Waals surface area contributed by atoms with Gasteiger partial charge in [-0.1, -0.05) is 17.7 Å². The lowest BCUT2D eigenvalue weighted by atomic mass is 10.0. The monoisotopic (exact) mass is 512 g/mol. The molecule has 192 valence electrons. The number of imidazole rings is 1. The molecule has 12 heteroatoms. The summed E-state index contributed by atoms with van der Waals surface area (Å²) in [5.41, 5.74) is 5.03. The predicted molar refractivity (Wildman–Crippen MR) is 128 cm³/mol. The Balaban J connectivity index is 0.000000405. The quantitative estimate of drug-likeness (QED) is 0.435. The number of piperidine rings is 1. The second-order valence-electron chi connectivity index (χ2n) is 8.49. The van der Waals surface area contributed by atoms with Crippen molar-refractivity contribution in [1.29, 1.82) is 0 Å². The van der Waals surface area contributed by atoms with Gasteiger partial charge in [-0.25, -0.2) is 19.7 Å². The van der Waals surface area contributed by atoms with E-state index in [0.29, 0.717) is 18.7 Å². The van der Waals surface area contributed by atoms with E-state index in [0.717, 1.165) is 40.9 Å². The molecule has 0 saturated carbocycles. The molecule has 0 spiro atoms. The van der Waals surface area contributed by atoms with E-state index >= 15 is 0 Å². The van der Waals surface area contributed by atoms with Crippen molar-refractivity contribution in [3.05, 3.63) is 72.4 Å². The van der Waals surface area contributed by atoms with Crippen LogP contribution in [0.1, 0.15) is 34.8 Å². The second-order valence-corrected chi connectivity index (χ2v) is 8.49. The largest absolute Gasteiger partial charge is 0.490 e. The van der Waals surface area contributed by atoms with E-state index in [1.807, 2.05) is 54.5 Å². The Morgan fingerprint density at radius 3 is 2.30 bits per heavy atom. The van der Waals surface area contributed by atoms with Crippen LogP contribution in [0.15, 0.2) is 61.3 Å². The van der Waals surface area contributed by atoms with Gasteiger partial charge in [0.05, 0.1) is 18.2 Å². The fourth-order valence-electron chi connectivity index (χ4n) is 3.96. The van der Waals surface area contributed by atoms with Gasteiger partial charge in [0.25, 0.3) is 5.91 Å². The molecule has 0 atom stereocenters. The molecule has 1 aliphatic heterocycles. The molecular weight excluding hydrogens is 489 g/mol. The van der Waals surface area contributed by atoms with Crippen molar-refractivity contribution in [2.75, 3.05) is 13.1 Å². The number of fused-ring (bicyclic) bond motifs is 1. The molecule has 1 fully saturated rings. The van der Waals surface area contributed by atoms with Gasteiger partial charge < -0.3 is 14.6 Å². The topological polar surface area (TPSA) is 114 Å². The third-order valence-corrected chi connectivity index (χ3v) is 5.93. The average molecular weight is 512 g/mol. The summed E-state index contributed by atoms with van der Waals surface area (Å²) in [7, 11) is 0. The lowest BCUT2D eigenvalue weighted by molar-refractivity contribution is -0.192. The molecule has 5 rings (SSSR count). The fraction of sp³-hybridized carbons (Fsp3) is 0.280. The normalized spacial score (nSPS) is 14.2. The summed E-state index contributed by atoms with van der Waals surface area (Å²) in [5, 5.41) is 7.12. The van der Waals surface area contributed by atoms with Crippen LogP contribution in [0.5, 0.6) is 0 Å². The number of carboxylic acid groups (broad SMARTS) is 1. The number of pyridine rings is 1. The number of rotatable bonds is 3. The van der Waals surface area contributed by atoms with Gasteiger partial charge in [0.2, 0.25) is 0 Å². The first-order valence-corrected chi connectivity index (χ1v) is 11.4. The zero-order valence-corrected chi connectivity index (χ0v) is 19.8. The van der Waals surface area contributed by atoms with Crippen molar-refractivity contribution in [3.8, 4) is 11.3 Å². The van der Waals surface area contributed by atoms with Crippen LogP contribution in [0.2, 0.25) is 0 Å². The molecule has 1 aromatic carbocycles. The van der Waals surface area contributed by atoms with Crippen LogP contribution in [0.25, 0.3) is 22.6 Å². The zero-order valence-electron chi connectivity index (χ0n) is 19.8. The van der Waals surface area contributed by atoms with Crippen LogP contribution in [0.3, 0.4) is 0 Å². The van der Waals surface area contributed by atoms with Crippen LogP contribution in [0, 0.1) is 6.92 Å². The van der Waals surface area contributed by atoms with Crippen LogP contribution in [-0.2, 0) is 4.79 Å². The molecule has 1 N–H and O–H groups in total. The summed E-state index contributed by atoms with van der Waals surface area (Å²) in [5.74, 6) is -2.66. The molecule has 9 nitrogen and oxygen atoms in total. The Hall–Kier alpha value is -4.35. The van der Waals surface area contributed by atoms with E-state index < -0.39 is 12.1 Å². The van der Waals surface area contributed by atoms with Crippen molar-refractivity contribution in [1.82, 2.24) is 29.4 Å². The summed E-state index contributed by atoms with van der Waals surface area (Å²) in [6.45, 7) is 3.46. The highest BCUT2D eigenvalue weighted by Gasteiger charge is 2.38. The van der Waals surface area contributed by atoms with E-state index in [-0.39, 0.29) is 11.9 Å². The van der Waals surface area contributed by atoms with Gasteiger partial charge in [0.15, 0.2) is 11.3 Å². The number of carbonyl (C=O) groups excluding carboxylic acids is 1. The minimum Gasteiger partial charge on any atom is -0.475 e. The van der Waals surface area contributed by atoms with Crippen LogP contribution >= 0.6 is 0 Å². The maximum Gasteiger partial charge on any atom is 0.490 e. The molecule has 4 aromatic rings. The van der Waals surface area contributed by atoms with Crippen LogP contribution in [-0.4, -0.2) is 65.7 Å². The van der Waals surface area contributed by atoms with E-state index in [9.17, 15) is 18.0 Å². The molecule has 1 aliphatic rings. The second kappa shape index (κ2) is 10.7. The van der Waals surface area contributed by atoms with Crippen molar-refractivity contribution in [2.24, 2.45) is 0 Å². The number of carboxylic acids is 1. The van der Waals surface area contributed by atoms with Crippen molar-refractivity contribution in [3.63, 3.8) is 0 Å². The molecule has 0 unspecified atom stereocenters. The lowest BCUT2D eigenvalue weighted by Gasteiger charge is -2.32. The van der Waals surface area contributed by atoms with E-state index in [2.05, 4.69) is 19.5 Å². The Morgan fingerprint density at radius 1 is 1.03 bits per heavy atom. The highest BCUT2D eigenvalue weighted by molar-refractivity contribution is 5.94. The molecule has 0 radical (unpaired) electrons. The van der Waals surface area contributed by atoms with Crippen molar-refractivity contribution < 1.29 is 27.9 Å². The van der Waals surface area contributed by atoms with Gasteiger partial charge in [-0.2, -0.15) is 13.2 Å². The van der Waals surface area contributed by atoms with Gasteiger partial charge in [-0.3, -0.25) is 9.78 Å². The van der Waals surface area contributed by atoms with Crippen molar-refractivity contribution in [2.45, 2.75) is 32.0 Å². The smallest absolute Gasteiger partial charge is 0.475 e. The third kappa shape index (κ3) is 6.08. The number of likely N-dealkylation sites (tertiary alicyclic amines) is 1. The van der Waals surface area contributed by atoms with E-state index in [1.165, 1.54) is 0 Å². The molecule has 0 aliphatic carbocycles. The molecule has 1 saturated heterocycles. The lowest BCUT2D eigenvalue weighted by Crippen LogP contribution is -2.39. The number of hydrogen-bond donors (Lipinski definition) is 1. The number of alkyl halides is 3. The van der Waals surface area contributed by atoms with Crippen LogP contribution in [0.4, 0.5) is 13.2 Å². The van der Waals surface area contributed by atoms with Crippen molar-refractivity contribution >= 4 is 23.2 Å². The number of hydrogen-bond acceptors (Lipinski definition) is 6. The molecule has 3 aromatic heterocycles. The first-order chi connectivity index (χ1) is 17.6. The molecule has 1 amide bonds. The number of carbonyl (C=O) groups is 2. The molecular formula is C25H23F3N6O3. The number of aromatic nitrogens is 5. The summed E-state index contributed by atoms with van der Waals surface area (Å²) >= 11 is 0. The highest BCUT2D eigenvalue weighted by atomic mass is 19.4. The van der Waals surface area contributed by atoms with Gasteiger partial charge in [-0.05, 0) is 44.0 Å². The SMILES string of the molecule is Cc1ccc(C(=O)N2CCC(n3cnc4ncc(-c5cccnc5)nc43)CC2)cc1.O=C(O)C(F)(F)F. The van der Waals surface area contributed by atoms with Crippen LogP contribution < -0.4 is 0 Å². The fourth-order valence-corrected chi connectivity index (χ4v) is 3.96.